The summed E-state index contributed by atoms with van der Waals surface area (Å²) in [6, 6.07) is 14.9. The highest BCUT2D eigenvalue weighted by Crippen LogP contribution is 2.14. The number of hydrogen-bond donors (Lipinski definition) is 1. The first-order valence-electron chi connectivity index (χ1n) is 6.77. The zero-order valence-corrected chi connectivity index (χ0v) is 14.5. The Labute approximate surface area is 142 Å². The number of thioether (sulfide) groups is 1. The summed E-state index contributed by atoms with van der Waals surface area (Å²) in [5.41, 5.74) is 2.54. The minimum absolute atomic E-state index is 0.0286. The van der Waals surface area contributed by atoms with Gasteiger partial charge in [-0.2, -0.15) is 0 Å². The molecule has 5 heteroatoms. The predicted molar refractivity (Wildman–Crippen MR) is 95.6 cm³/mol. The van der Waals surface area contributed by atoms with Gasteiger partial charge in [0.1, 0.15) is 0 Å². The van der Waals surface area contributed by atoms with Gasteiger partial charge in [0.2, 0.25) is 5.91 Å². The maximum Gasteiger partial charge on any atom is 0.234 e. The zero-order valence-electron chi connectivity index (χ0n) is 12.1. The molecule has 22 heavy (non-hydrogen) atoms. The molecule has 0 atom stereocenters. The van der Waals surface area contributed by atoms with Crippen LogP contribution < -0.4 is 5.32 Å². The van der Waals surface area contributed by atoms with Crippen LogP contribution in [0.2, 0.25) is 0 Å². The molecular formula is C17H16BrNO2S. The van der Waals surface area contributed by atoms with E-state index in [-0.39, 0.29) is 17.4 Å². The number of amides is 1. The zero-order chi connectivity index (χ0) is 15.9. The predicted octanol–water partition coefficient (Wildman–Crippen LogP) is 4.31. The van der Waals surface area contributed by atoms with E-state index in [1.54, 1.807) is 12.1 Å². The van der Waals surface area contributed by atoms with E-state index in [0.717, 1.165) is 15.7 Å². The van der Waals surface area contributed by atoms with Crippen molar-refractivity contribution in [2.24, 2.45) is 0 Å². The van der Waals surface area contributed by atoms with Crippen LogP contribution in [-0.2, 0) is 4.79 Å². The molecule has 2 rings (SSSR count). The molecular weight excluding hydrogens is 362 g/mol. The summed E-state index contributed by atoms with van der Waals surface area (Å²) in [4.78, 5) is 23.8. The monoisotopic (exact) mass is 377 g/mol. The summed E-state index contributed by atoms with van der Waals surface area (Å²) in [6.45, 7) is 1.97. The van der Waals surface area contributed by atoms with Gasteiger partial charge in [-0.25, -0.2) is 0 Å². The molecule has 0 aliphatic rings. The summed E-state index contributed by atoms with van der Waals surface area (Å²) >= 11 is 4.65. The summed E-state index contributed by atoms with van der Waals surface area (Å²) in [6.07, 6.45) is 0. The lowest BCUT2D eigenvalue weighted by Crippen LogP contribution is -2.15. The lowest BCUT2D eigenvalue weighted by Gasteiger charge is -2.06. The van der Waals surface area contributed by atoms with Crippen molar-refractivity contribution in [2.45, 2.75) is 6.92 Å². The average molecular weight is 378 g/mol. The van der Waals surface area contributed by atoms with E-state index in [1.165, 1.54) is 11.8 Å². The van der Waals surface area contributed by atoms with Crippen LogP contribution in [0, 0.1) is 6.92 Å². The fraction of sp³-hybridized carbons (Fsp3) is 0.176. The lowest BCUT2D eigenvalue weighted by molar-refractivity contribution is -0.113. The molecule has 1 N–H and O–H groups in total. The van der Waals surface area contributed by atoms with Crippen LogP contribution in [0.5, 0.6) is 0 Å². The number of anilines is 1. The van der Waals surface area contributed by atoms with Crippen molar-refractivity contribution < 1.29 is 9.59 Å². The first-order chi connectivity index (χ1) is 10.5. The van der Waals surface area contributed by atoms with Crippen molar-refractivity contribution in [2.75, 3.05) is 16.8 Å². The molecule has 0 fully saturated rings. The van der Waals surface area contributed by atoms with Gasteiger partial charge in [0, 0.05) is 15.7 Å². The molecule has 0 spiro atoms. The summed E-state index contributed by atoms with van der Waals surface area (Å²) in [5.74, 6) is 0.485. The molecule has 1 amide bonds. The maximum absolute atomic E-state index is 12.0. The molecule has 0 heterocycles. The second kappa shape index (κ2) is 8.15. The largest absolute Gasteiger partial charge is 0.325 e. The Hall–Kier alpha value is -1.59. The van der Waals surface area contributed by atoms with E-state index in [9.17, 15) is 9.59 Å². The fourth-order valence-electron chi connectivity index (χ4n) is 1.88. The number of hydrogen-bond acceptors (Lipinski definition) is 3. The van der Waals surface area contributed by atoms with E-state index >= 15 is 0 Å². The number of halogens is 1. The fourth-order valence-corrected chi connectivity index (χ4v) is 2.85. The van der Waals surface area contributed by atoms with E-state index in [2.05, 4.69) is 21.2 Å². The number of aryl methyl sites for hydroxylation is 1. The Balaban J connectivity index is 1.77. The topological polar surface area (TPSA) is 46.2 Å². The van der Waals surface area contributed by atoms with E-state index in [4.69, 9.17) is 0 Å². The Kier molecular flexibility index (Phi) is 6.21. The number of nitrogens with one attached hydrogen (secondary N) is 1. The van der Waals surface area contributed by atoms with Gasteiger partial charge >= 0.3 is 0 Å². The van der Waals surface area contributed by atoms with Crippen molar-refractivity contribution in [3.63, 3.8) is 0 Å². The van der Waals surface area contributed by atoms with E-state index in [0.29, 0.717) is 11.3 Å². The minimum Gasteiger partial charge on any atom is -0.325 e. The van der Waals surface area contributed by atoms with Crippen LogP contribution in [0.15, 0.2) is 53.0 Å². The number of carbonyl (C=O) groups excluding carboxylic acids is 2. The molecule has 2 aromatic carbocycles. The molecule has 0 radical (unpaired) electrons. The normalized spacial score (nSPS) is 10.3. The second-order valence-electron chi connectivity index (χ2n) is 4.84. The number of carbonyl (C=O) groups is 2. The van der Waals surface area contributed by atoms with Crippen LogP contribution in [0.25, 0.3) is 0 Å². The number of rotatable bonds is 6. The van der Waals surface area contributed by atoms with E-state index in [1.807, 2.05) is 43.3 Å². The lowest BCUT2D eigenvalue weighted by atomic mass is 10.2. The first kappa shape index (κ1) is 16.8. The number of Topliss-reactive ketones (excluding diaryl/α,β-unsaturated/α-hetero) is 1. The van der Waals surface area contributed by atoms with Gasteiger partial charge in [0.05, 0.1) is 11.5 Å². The molecule has 0 saturated heterocycles. The van der Waals surface area contributed by atoms with Crippen molar-refractivity contribution in [1.29, 1.82) is 0 Å². The van der Waals surface area contributed by atoms with Crippen LogP contribution >= 0.6 is 27.7 Å². The van der Waals surface area contributed by atoms with Crippen molar-refractivity contribution >= 4 is 45.1 Å². The SMILES string of the molecule is Cc1cccc(NC(=O)CSCC(=O)c2ccc(Br)cc2)c1. The first-order valence-corrected chi connectivity index (χ1v) is 8.72. The average Bonchev–Trinajstić information content (AvgIpc) is 2.47. The third kappa shape index (κ3) is 5.31. The molecule has 0 aliphatic carbocycles. The Morgan fingerprint density at radius 1 is 1.09 bits per heavy atom. The Bertz CT molecular complexity index is 671. The molecule has 0 unspecified atom stereocenters. The molecule has 0 saturated carbocycles. The molecule has 114 valence electrons. The van der Waals surface area contributed by atoms with Gasteiger partial charge in [-0.3, -0.25) is 9.59 Å². The standard InChI is InChI=1S/C17H16BrNO2S/c1-12-3-2-4-15(9-12)19-17(21)11-22-10-16(20)13-5-7-14(18)8-6-13/h2-9H,10-11H2,1H3,(H,19,21). The van der Waals surface area contributed by atoms with Crippen LogP contribution in [0.3, 0.4) is 0 Å². The highest BCUT2D eigenvalue weighted by molar-refractivity contribution is 9.10. The van der Waals surface area contributed by atoms with Gasteiger partial charge < -0.3 is 5.32 Å². The molecule has 2 aromatic rings. The smallest absolute Gasteiger partial charge is 0.234 e. The highest BCUT2D eigenvalue weighted by atomic mass is 79.9. The van der Waals surface area contributed by atoms with Gasteiger partial charge in [-0.1, -0.05) is 40.2 Å². The molecule has 3 nitrogen and oxygen atoms in total. The van der Waals surface area contributed by atoms with Gasteiger partial charge in [-0.05, 0) is 36.8 Å². The third-order valence-corrected chi connectivity index (χ3v) is 4.40. The van der Waals surface area contributed by atoms with Crippen LogP contribution in [0.4, 0.5) is 5.69 Å². The van der Waals surface area contributed by atoms with Gasteiger partial charge in [0.15, 0.2) is 5.78 Å². The van der Waals surface area contributed by atoms with Gasteiger partial charge in [0.25, 0.3) is 0 Å². The quantitative estimate of drug-likeness (QED) is 0.762. The number of ketones is 1. The summed E-state index contributed by atoms with van der Waals surface area (Å²) < 4.78 is 0.939. The Morgan fingerprint density at radius 2 is 1.82 bits per heavy atom. The molecule has 0 bridgehead atoms. The van der Waals surface area contributed by atoms with Crippen LogP contribution in [-0.4, -0.2) is 23.2 Å². The van der Waals surface area contributed by atoms with Gasteiger partial charge in [-0.15, -0.1) is 11.8 Å². The van der Waals surface area contributed by atoms with E-state index < -0.39 is 0 Å². The Morgan fingerprint density at radius 3 is 2.50 bits per heavy atom. The third-order valence-electron chi connectivity index (χ3n) is 2.93. The molecule has 0 aromatic heterocycles. The molecule has 0 aliphatic heterocycles. The highest BCUT2D eigenvalue weighted by Gasteiger charge is 2.08. The summed E-state index contributed by atoms with van der Waals surface area (Å²) in [5, 5.41) is 2.83. The van der Waals surface area contributed by atoms with Crippen LogP contribution in [0.1, 0.15) is 15.9 Å². The number of benzene rings is 2. The summed E-state index contributed by atoms with van der Waals surface area (Å²) in [7, 11) is 0. The van der Waals surface area contributed by atoms with Crippen molar-refractivity contribution in [1.82, 2.24) is 0 Å². The van der Waals surface area contributed by atoms with Crippen molar-refractivity contribution in [3.8, 4) is 0 Å². The minimum atomic E-state index is -0.0980. The van der Waals surface area contributed by atoms with Crippen molar-refractivity contribution in [3.05, 3.63) is 64.1 Å². The maximum atomic E-state index is 12.0. The second-order valence-corrected chi connectivity index (χ2v) is 6.74.